The molecular formula is C21H25N3O3. The van der Waals surface area contributed by atoms with Gasteiger partial charge in [-0.2, -0.15) is 0 Å². The number of aromatic nitrogens is 1. The van der Waals surface area contributed by atoms with Crippen molar-refractivity contribution in [2.75, 3.05) is 16.8 Å². The van der Waals surface area contributed by atoms with Crippen LogP contribution in [0.4, 0.5) is 11.5 Å². The van der Waals surface area contributed by atoms with Gasteiger partial charge < -0.3 is 10.1 Å². The molecule has 0 saturated carbocycles. The van der Waals surface area contributed by atoms with Crippen LogP contribution in [-0.4, -0.2) is 28.9 Å². The highest BCUT2D eigenvalue weighted by Crippen LogP contribution is 2.36. The van der Waals surface area contributed by atoms with E-state index in [-0.39, 0.29) is 0 Å². The van der Waals surface area contributed by atoms with Gasteiger partial charge in [-0.15, -0.1) is 0 Å². The lowest BCUT2D eigenvalue weighted by Gasteiger charge is -2.38. The third-order valence-corrected chi connectivity index (χ3v) is 4.77. The van der Waals surface area contributed by atoms with Crippen molar-refractivity contribution in [1.29, 1.82) is 0 Å². The minimum absolute atomic E-state index is 0.399. The number of aryl methyl sites for hydroxylation is 2. The number of benzene rings is 1. The smallest absolute Gasteiger partial charge is 0.282 e. The monoisotopic (exact) mass is 367 g/mol. The van der Waals surface area contributed by atoms with Gasteiger partial charge in [-0.1, -0.05) is 31.0 Å². The Labute approximate surface area is 159 Å². The standard InChI is InChI=1S/C21H25N3O3/c1-5-6-12-24-18-17(8-7-11-22-18)27-21(4,20(24)26)19(25)23-16-10-9-14(2)13-15(16)3/h7-11,13H,5-6,12H2,1-4H3,(H,23,25)/t21-/m1/s1. The van der Waals surface area contributed by atoms with Gasteiger partial charge >= 0.3 is 0 Å². The summed E-state index contributed by atoms with van der Waals surface area (Å²) in [6.07, 6.45) is 3.36. The molecule has 0 saturated heterocycles. The third-order valence-electron chi connectivity index (χ3n) is 4.77. The maximum atomic E-state index is 13.2. The van der Waals surface area contributed by atoms with Crippen molar-refractivity contribution in [3.05, 3.63) is 47.7 Å². The minimum atomic E-state index is -1.65. The summed E-state index contributed by atoms with van der Waals surface area (Å²) >= 11 is 0. The Hall–Kier alpha value is -2.89. The van der Waals surface area contributed by atoms with Crippen molar-refractivity contribution in [2.45, 2.75) is 46.1 Å². The van der Waals surface area contributed by atoms with E-state index >= 15 is 0 Å². The van der Waals surface area contributed by atoms with E-state index in [1.54, 1.807) is 23.2 Å². The van der Waals surface area contributed by atoms with Gasteiger partial charge in [-0.3, -0.25) is 14.5 Å². The molecule has 27 heavy (non-hydrogen) atoms. The van der Waals surface area contributed by atoms with E-state index in [2.05, 4.69) is 17.2 Å². The van der Waals surface area contributed by atoms with Crippen molar-refractivity contribution in [3.63, 3.8) is 0 Å². The highest BCUT2D eigenvalue weighted by molar-refractivity contribution is 6.19. The number of amides is 2. The summed E-state index contributed by atoms with van der Waals surface area (Å²) in [4.78, 5) is 32.1. The Morgan fingerprint density at radius 3 is 2.78 bits per heavy atom. The van der Waals surface area contributed by atoms with Gasteiger partial charge in [0.15, 0.2) is 11.6 Å². The second-order valence-corrected chi connectivity index (χ2v) is 7.04. The molecule has 0 bridgehead atoms. The van der Waals surface area contributed by atoms with Crippen LogP contribution in [-0.2, 0) is 9.59 Å². The second-order valence-electron chi connectivity index (χ2n) is 7.04. The number of unbranched alkanes of at least 4 members (excludes halogenated alkanes) is 1. The summed E-state index contributed by atoms with van der Waals surface area (Å²) in [7, 11) is 0. The summed E-state index contributed by atoms with van der Waals surface area (Å²) in [5.74, 6) is 0.0130. The molecule has 3 rings (SSSR count). The zero-order valence-corrected chi connectivity index (χ0v) is 16.2. The van der Waals surface area contributed by atoms with E-state index in [0.717, 1.165) is 24.0 Å². The quantitative estimate of drug-likeness (QED) is 0.820. The number of nitrogens with zero attached hydrogens (tertiary/aromatic N) is 2. The molecule has 2 amide bonds. The van der Waals surface area contributed by atoms with Crippen LogP contribution < -0.4 is 15.0 Å². The van der Waals surface area contributed by atoms with Crippen molar-refractivity contribution < 1.29 is 14.3 Å². The fourth-order valence-corrected chi connectivity index (χ4v) is 3.14. The molecule has 0 spiro atoms. The molecule has 1 aliphatic rings. The third kappa shape index (κ3) is 3.52. The lowest BCUT2D eigenvalue weighted by atomic mass is 10.00. The Balaban J connectivity index is 1.93. The topological polar surface area (TPSA) is 71.5 Å². The van der Waals surface area contributed by atoms with E-state index in [4.69, 9.17) is 4.74 Å². The van der Waals surface area contributed by atoms with Gasteiger partial charge in [0.25, 0.3) is 17.4 Å². The van der Waals surface area contributed by atoms with Crippen LogP contribution in [0.25, 0.3) is 0 Å². The summed E-state index contributed by atoms with van der Waals surface area (Å²) in [5.41, 5.74) is 1.05. The Kier molecular flexibility index (Phi) is 5.17. The second kappa shape index (κ2) is 7.39. The normalized spacial score (nSPS) is 18.7. The number of pyridine rings is 1. The number of carbonyl (C=O) groups excluding carboxylic acids is 2. The largest absolute Gasteiger partial charge is 0.464 e. The SMILES string of the molecule is CCCCN1C(=O)[C@@](C)(C(=O)Nc2ccc(C)cc2C)Oc2cccnc21. The molecule has 6 nitrogen and oxygen atoms in total. The van der Waals surface area contributed by atoms with Crippen LogP contribution in [0.2, 0.25) is 0 Å². The number of nitrogens with one attached hydrogen (secondary N) is 1. The van der Waals surface area contributed by atoms with Crippen molar-refractivity contribution >= 4 is 23.3 Å². The molecule has 1 N–H and O–H groups in total. The summed E-state index contributed by atoms with van der Waals surface area (Å²) in [6, 6.07) is 9.20. The molecule has 6 heteroatoms. The lowest BCUT2D eigenvalue weighted by Crippen LogP contribution is -2.61. The van der Waals surface area contributed by atoms with Crippen LogP contribution in [0.15, 0.2) is 36.5 Å². The van der Waals surface area contributed by atoms with Crippen LogP contribution in [0.3, 0.4) is 0 Å². The molecule has 0 fully saturated rings. The Morgan fingerprint density at radius 2 is 2.07 bits per heavy atom. The van der Waals surface area contributed by atoms with Gasteiger partial charge in [-0.25, -0.2) is 4.98 Å². The lowest BCUT2D eigenvalue weighted by molar-refractivity contribution is -0.145. The number of ether oxygens (including phenoxy) is 1. The fraction of sp³-hybridized carbons (Fsp3) is 0.381. The first-order valence-corrected chi connectivity index (χ1v) is 9.21. The van der Waals surface area contributed by atoms with Crippen LogP contribution >= 0.6 is 0 Å². The average molecular weight is 367 g/mol. The molecule has 142 valence electrons. The fourth-order valence-electron chi connectivity index (χ4n) is 3.14. The molecule has 0 radical (unpaired) electrons. The highest BCUT2D eigenvalue weighted by Gasteiger charge is 2.51. The summed E-state index contributed by atoms with van der Waals surface area (Å²) in [6.45, 7) is 7.97. The van der Waals surface area contributed by atoms with E-state index in [1.807, 2.05) is 32.0 Å². The first-order chi connectivity index (χ1) is 12.9. The number of rotatable bonds is 5. The predicted octanol–water partition coefficient (Wildman–Crippen LogP) is 3.62. The van der Waals surface area contributed by atoms with Gasteiger partial charge in [-0.05, 0) is 51.0 Å². The maximum absolute atomic E-state index is 13.2. The zero-order chi connectivity index (χ0) is 19.6. The molecule has 1 aliphatic heterocycles. The summed E-state index contributed by atoms with van der Waals surface area (Å²) < 4.78 is 5.87. The zero-order valence-electron chi connectivity index (χ0n) is 16.2. The molecule has 1 aromatic heterocycles. The minimum Gasteiger partial charge on any atom is -0.464 e. The molecule has 2 heterocycles. The van der Waals surface area contributed by atoms with E-state index in [0.29, 0.717) is 23.8 Å². The Morgan fingerprint density at radius 1 is 1.30 bits per heavy atom. The van der Waals surface area contributed by atoms with Crippen molar-refractivity contribution in [2.24, 2.45) is 0 Å². The van der Waals surface area contributed by atoms with Crippen LogP contribution in [0.5, 0.6) is 5.75 Å². The molecule has 2 aromatic rings. The maximum Gasteiger partial charge on any atom is 0.282 e. The number of carbonyl (C=O) groups is 2. The van der Waals surface area contributed by atoms with Crippen LogP contribution in [0.1, 0.15) is 37.8 Å². The molecule has 1 aromatic carbocycles. The number of anilines is 2. The predicted molar refractivity (Wildman–Crippen MR) is 105 cm³/mol. The van der Waals surface area contributed by atoms with Crippen molar-refractivity contribution in [3.8, 4) is 5.75 Å². The average Bonchev–Trinajstić information content (AvgIpc) is 2.64. The summed E-state index contributed by atoms with van der Waals surface area (Å²) in [5, 5.41) is 2.85. The van der Waals surface area contributed by atoms with E-state index in [9.17, 15) is 9.59 Å². The molecular weight excluding hydrogens is 342 g/mol. The molecule has 1 atom stereocenters. The van der Waals surface area contributed by atoms with Gasteiger partial charge in [0.2, 0.25) is 0 Å². The van der Waals surface area contributed by atoms with Crippen molar-refractivity contribution in [1.82, 2.24) is 4.98 Å². The van der Waals surface area contributed by atoms with Gasteiger partial charge in [0.05, 0.1) is 0 Å². The first kappa shape index (κ1) is 18.9. The first-order valence-electron chi connectivity index (χ1n) is 9.21. The van der Waals surface area contributed by atoms with Gasteiger partial charge in [0.1, 0.15) is 0 Å². The number of hydrogen-bond donors (Lipinski definition) is 1. The van der Waals surface area contributed by atoms with Crippen LogP contribution in [0, 0.1) is 13.8 Å². The molecule has 0 unspecified atom stereocenters. The molecule has 0 aliphatic carbocycles. The number of hydrogen-bond acceptors (Lipinski definition) is 4. The van der Waals surface area contributed by atoms with Gasteiger partial charge in [0, 0.05) is 18.4 Å². The highest BCUT2D eigenvalue weighted by atomic mass is 16.5. The van der Waals surface area contributed by atoms with E-state index < -0.39 is 17.4 Å². The van der Waals surface area contributed by atoms with E-state index in [1.165, 1.54) is 6.92 Å². The number of fused-ring (bicyclic) bond motifs is 1. The Bertz CT molecular complexity index is 881.